The lowest BCUT2D eigenvalue weighted by molar-refractivity contribution is -0.121. The summed E-state index contributed by atoms with van der Waals surface area (Å²) in [7, 11) is 0. The van der Waals surface area contributed by atoms with Gasteiger partial charge in [-0.1, -0.05) is 42.0 Å². The zero-order valence-corrected chi connectivity index (χ0v) is 18.2. The van der Waals surface area contributed by atoms with E-state index in [-0.39, 0.29) is 11.7 Å². The lowest BCUT2D eigenvalue weighted by atomic mass is 10.0. The lowest BCUT2D eigenvalue weighted by Crippen LogP contribution is -2.25. The van der Waals surface area contributed by atoms with Gasteiger partial charge < -0.3 is 10.6 Å². The summed E-state index contributed by atoms with van der Waals surface area (Å²) in [4.78, 5) is 23.2. The molecule has 0 saturated heterocycles. The van der Waals surface area contributed by atoms with E-state index in [1.807, 2.05) is 0 Å². The summed E-state index contributed by atoms with van der Waals surface area (Å²) in [5.41, 5.74) is 4.33. The van der Waals surface area contributed by atoms with Crippen LogP contribution in [-0.4, -0.2) is 22.4 Å². The van der Waals surface area contributed by atoms with E-state index in [0.717, 1.165) is 32.7 Å². The van der Waals surface area contributed by atoms with Crippen molar-refractivity contribution in [3.05, 3.63) is 76.7 Å². The van der Waals surface area contributed by atoms with Crippen molar-refractivity contribution >= 4 is 33.3 Å². The fraction of sp³-hybridized carbons (Fsp3) is 0.208. The molecule has 2 aromatic heterocycles. The Hall–Kier alpha value is -3.32. The van der Waals surface area contributed by atoms with Crippen molar-refractivity contribution in [2.24, 2.45) is 0 Å². The van der Waals surface area contributed by atoms with Gasteiger partial charge in [0.2, 0.25) is 5.91 Å². The molecule has 0 aliphatic heterocycles. The number of carbonyl (C=O) groups is 1. The summed E-state index contributed by atoms with van der Waals surface area (Å²) in [5.74, 6) is 0.364. The minimum absolute atomic E-state index is 0.0811. The number of thiophene rings is 1. The molecular weight excluding hydrogens is 411 g/mol. The predicted molar refractivity (Wildman–Crippen MR) is 124 cm³/mol. The molecule has 5 nitrogen and oxygen atoms in total. The molecule has 31 heavy (non-hydrogen) atoms. The highest BCUT2D eigenvalue weighted by molar-refractivity contribution is 7.19. The molecule has 4 rings (SSSR count). The molecule has 0 spiro atoms. The van der Waals surface area contributed by atoms with Crippen molar-refractivity contribution < 1.29 is 9.18 Å². The first-order valence-electron chi connectivity index (χ1n) is 10.1. The third-order valence-electron chi connectivity index (χ3n) is 5.05. The number of nitrogens with one attached hydrogen (secondary N) is 2. The Morgan fingerprint density at radius 2 is 1.77 bits per heavy atom. The number of hydrogen-bond donors (Lipinski definition) is 2. The maximum Gasteiger partial charge on any atom is 0.222 e. The van der Waals surface area contributed by atoms with Crippen LogP contribution < -0.4 is 10.6 Å². The molecule has 0 bridgehead atoms. The number of halogens is 1. The Kier molecular flexibility index (Phi) is 6.23. The molecule has 2 aromatic carbocycles. The number of fused-ring (bicyclic) bond motifs is 1. The first-order chi connectivity index (χ1) is 15.0. The maximum atomic E-state index is 13.0. The summed E-state index contributed by atoms with van der Waals surface area (Å²) in [6.07, 6.45) is 1.85. The molecule has 0 aliphatic rings. The number of benzene rings is 2. The average Bonchev–Trinajstić information content (AvgIpc) is 3.10. The highest BCUT2D eigenvalue weighted by Gasteiger charge is 2.16. The van der Waals surface area contributed by atoms with Gasteiger partial charge in [-0.2, -0.15) is 0 Å². The minimum atomic E-state index is -0.288. The van der Waals surface area contributed by atoms with Gasteiger partial charge in [-0.05, 0) is 37.1 Å². The van der Waals surface area contributed by atoms with E-state index < -0.39 is 0 Å². The first-order valence-corrected chi connectivity index (χ1v) is 10.9. The lowest BCUT2D eigenvalue weighted by Gasteiger charge is -2.10. The van der Waals surface area contributed by atoms with E-state index in [0.29, 0.717) is 19.5 Å². The number of aryl methyl sites for hydroxylation is 2. The van der Waals surface area contributed by atoms with Gasteiger partial charge >= 0.3 is 0 Å². The maximum absolute atomic E-state index is 13.0. The van der Waals surface area contributed by atoms with Crippen molar-refractivity contribution in [2.75, 3.05) is 11.9 Å². The van der Waals surface area contributed by atoms with Gasteiger partial charge in [0.1, 0.15) is 22.8 Å². The molecule has 0 radical (unpaired) electrons. The number of anilines is 1. The highest BCUT2D eigenvalue weighted by atomic mass is 32.1. The quantitative estimate of drug-likeness (QED) is 0.418. The standard InChI is InChI=1S/C24H23FN4OS/c1-15-3-7-18(8-4-15)21-16(2)31-24-22(21)23(28-14-29-24)26-12-11-20(30)27-13-17-5-9-19(25)10-6-17/h3-10,14H,11-13H2,1-2H3,(H,27,30)(H,26,28,29). The van der Waals surface area contributed by atoms with Crippen LogP contribution in [0.15, 0.2) is 54.9 Å². The second-order valence-corrected chi connectivity index (χ2v) is 8.58. The van der Waals surface area contributed by atoms with Gasteiger partial charge in [0, 0.05) is 30.0 Å². The van der Waals surface area contributed by atoms with Crippen LogP contribution in [0.5, 0.6) is 0 Å². The second-order valence-electron chi connectivity index (χ2n) is 7.38. The van der Waals surface area contributed by atoms with Crippen LogP contribution >= 0.6 is 11.3 Å². The molecule has 1 amide bonds. The molecular formula is C24H23FN4OS. The van der Waals surface area contributed by atoms with E-state index in [1.165, 1.54) is 22.6 Å². The number of rotatable bonds is 7. The molecule has 0 saturated carbocycles. The molecule has 0 aliphatic carbocycles. The largest absolute Gasteiger partial charge is 0.369 e. The third-order valence-corrected chi connectivity index (χ3v) is 6.07. The van der Waals surface area contributed by atoms with Crippen LogP contribution in [0.1, 0.15) is 22.4 Å². The number of amides is 1. The van der Waals surface area contributed by atoms with Crippen molar-refractivity contribution in [1.29, 1.82) is 0 Å². The van der Waals surface area contributed by atoms with Crippen LogP contribution in [0.25, 0.3) is 21.3 Å². The molecule has 2 heterocycles. The molecule has 0 fully saturated rings. The monoisotopic (exact) mass is 434 g/mol. The van der Waals surface area contributed by atoms with E-state index in [2.05, 4.69) is 58.7 Å². The van der Waals surface area contributed by atoms with Gasteiger partial charge in [-0.3, -0.25) is 4.79 Å². The minimum Gasteiger partial charge on any atom is -0.369 e. The van der Waals surface area contributed by atoms with Crippen molar-refractivity contribution in [3.8, 4) is 11.1 Å². The molecule has 7 heteroatoms. The van der Waals surface area contributed by atoms with Gasteiger partial charge in [-0.25, -0.2) is 14.4 Å². The molecule has 0 unspecified atom stereocenters. The van der Waals surface area contributed by atoms with Crippen LogP contribution in [0.3, 0.4) is 0 Å². The highest BCUT2D eigenvalue weighted by Crippen LogP contribution is 2.40. The smallest absolute Gasteiger partial charge is 0.222 e. The van der Waals surface area contributed by atoms with E-state index in [9.17, 15) is 9.18 Å². The summed E-state index contributed by atoms with van der Waals surface area (Å²) < 4.78 is 13.0. The Morgan fingerprint density at radius 1 is 1.03 bits per heavy atom. The normalized spacial score (nSPS) is 10.9. The number of aromatic nitrogens is 2. The molecule has 158 valence electrons. The number of carbonyl (C=O) groups excluding carboxylic acids is 1. The SMILES string of the molecule is Cc1ccc(-c2c(C)sc3ncnc(NCCC(=O)NCc4ccc(F)cc4)c23)cc1. The van der Waals surface area contributed by atoms with Crippen molar-refractivity contribution in [3.63, 3.8) is 0 Å². The van der Waals surface area contributed by atoms with Gasteiger partial charge in [-0.15, -0.1) is 11.3 Å². The Bertz CT molecular complexity index is 1200. The zero-order chi connectivity index (χ0) is 21.8. The Labute approximate surface area is 184 Å². The third kappa shape index (κ3) is 4.88. The van der Waals surface area contributed by atoms with Crippen LogP contribution in [0.4, 0.5) is 10.2 Å². The molecule has 0 atom stereocenters. The van der Waals surface area contributed by atoms with E-state index >= 15 is 0 Å². The number of hydrogen-bond acceptors (Lipinski definition) is 5. The second kappa shape index (κ2) is 9.22. The zero-order valence-electron chi connectivity index (χ0n) is 17.4. The van der Waals surface area contributed by atoms with Crippen molar-refractivity contribution in [1.82, 2.24) is 15.3 Å². The summed E-state index contributed by atoms with van der Waals surface area (Å²) in [6, 6.07) is 14.5. The predicted octanol–water partition coefficient (Wildman–Crippen LogP) is 5.23. The van der Waals surface area contributed by atoms with Gasteiger partial charge in [0.15, 0.2) is 0 Å². The van der Waals surface area contributed by atoms with Gasteiger partial charge in [0.05, 0.1) is 5.39 Å². The van der Waals surface area contributed by atoms with Crippen molar-refractivity contribution in [2.45, 2.75) is 26.8 Å². The molecule has 2 N–H and O–H groups in total. The van der Waals surface area contributed by atoms with Gasteiger partial charge in [0.25, 0.3) is 0 Å². The average molecular weight is 435 g/mol. The fourth-order valence-corrected chi connectivity index (χ4v) is 4.44. The summed E-state index contributed by atoms with van der Waals surface area (Å²) in [5, 5.41) is 7.15. The first kappa shape index (κ1) is 20.9. The Balaban J connectivity index is 1.44. The van der Waals surface area contributed by atoms with E-state index in [1.54, 1.807) is 29.8 Å². The fourth-order valence-electron chi connectivity index (χ4n) is 3.43. The Morgan fingerprint density at radius 3 is 2.52 bits per heavy atom. The topological polar surface area (TPSA) is 66.9 Å². The van der Waals surface area contributed by atoms with E-state index in [4.69, 9.17) is 0 Å². The van der Waals surface area contributed by atoms with Crippen LogP contribution in [-0.2, 0) is 11.3 Å². The number of nitrogens with zero attached hydrogens (tertiary/aromatic N) is 2. The van der Waals surface area contributed by atoms with Crippen LogP contribution in [0, 0.1) is 19.7 Å². The summed E-state index contributed by atoms with van der Waals surface area (Å²) in [6.45, 7) is 4.98. The van der Waals surface area contributed by atoms with Crippen LogP contribution in [0.2, 0.25) is 0 Å². The molecule has 4 aromatic rings. The summed E-state index contributed by atoms with van der Waals surface area (Å²) >= 11 is 1.64.